The van der Waals surface area contributed by atoms with Crippen LogP contribution < -0.4 is 5.32 Å². The fraction of sp³-hybridized carbons (Fsp3) is 0.917. The predicted octanol–water partition coefficient (Wildman–Crippen LogP) is 2.66. The van der Waals surface area contributed by atoms with Crippen LogP contribution >= 0.6 is 0 Å². The molecule has 1 atom stereocenters. The molecule has 0 aliphatic heterocycles. The zero-order valence-electron chi connectivity index (χ0n) is 10.3. The molecule has 2 N–H and O–H groups in total. The molecule has 90 valence electrons. The highest BCUT2D eigenvalue weighted by Gasteiger charge is 2.14. The van der Waals surface area contributed by atoms with Gasteiger partial charge in [0.2, 0.25) is 0 Å². The molecule has 0 aliphatic carbocycles. The van der Waals surface area contributed by atoms with Crippen molar-refractivity contribution in [3.05, 3.63) is 0 Å². The van der Waals surface area contributed by atoms with Gasteiger partial charge in [-0.15, -0.1) is 0 Å². The molecule has 3 heteroatoms. The lowest BCUT2D eigenvalue weighted by Crippen LogP contribution is -2.37. The summed E-state index contributed by atoms with van der Waals surface area (Å²) < 4.78 is 0. The molecule has 0 heterocycles. The highest BCUT2D eigenvalue weighted by atomic mass is 16.4. The van der Waals surface area contributed by atoms with Gasteiger partial charge in [-0.3, -0.25) is 4.79 Å². The standard InChI is InChI=1S/C12H25NO2/c1-4-7-11(12(14)15)13-9-6-5-8-10(2)3/h10-11,13H,4-9H2,1-3H3,(H,14,15). The summed E-state index contributed by atoms with van der Waals surface area (Å²) in [6.07, 6.45) is 5.12. The first-order valence-corrected chi connectivity index (χ1v) is 6.04. The Kier molecular flexibility index (Phi) is 8.38. The third kappa shape index (κ3) is 8.43. The van der Waals surface area contributed by atoms with Crippen molar-refractivity contribution in [1.82, 2.24) is 5.32 Å². The highest BCUT2D eigenvalue weighted by Crippen LogP contribution is 2.05. The minimum absolute atomic E-state index is 0.353. The van der Waals surface area contributed by atoms with Gasteiger partial charge in [0.25, 0.3) is 0 Å². The van der Waals surface area contributed by atoms with E-state index in [0.717, 1.165) is 31.7 Å². The number of nitrogens with one attached hydrogen (secondary N) is 1. The molecule has 15 heavy (non-hydrogen) atoms. The van der Waals surface area contributed by atoms with Crippen LogP contribution in [-0.4, -0.2) is 23.7 Å². The number of carboxylic acid groups (broad SMARTS) is 1. The van der Waals surface area contributed by atoms with E-state index in [1.807, 2.05) is 6.92 Å². The van der Waals surface area contributed by atoms with Crippen LogP contribution in [0.2, 0.25) is 0 Å². The van der Waals surface area contributed by atoms with Crippen molar-refractivity contribution in [2.24, 2.45) is 5.92 Å². The Morgan fingerprint density at radius 3 is 2.40 bits per heavy atom. The maximum atomic E-state index is 10.8. The number of aliphatic carboxylic acids is 1. The highest BCUT2D eigenvalue weighted by molar-refractivity contribution is 5.73. The molecule has 0 radical (unpaired) electrons. The SMILES string of the molecule is CCCC(NCCCCC(C)C)C(=O)O. The molecular formula is C12H25NO2. The summed E-state index contributed by atoms with van der Waals surface area (Å²) in [7, 11) is 0. The van der Waals surface area contributed by atoms with Gasteiger partial charge in [-0.1, -0.05) is 40.0 Å². The number of rotatable bonds is 9. The molecule has 0 aliphatic rings. The average molecular weight is 215 g/mol. The van der Waals surface area contributed by atoms with Gasteiger partial charge < -0.3 is 10.4 Å². The van der Waals surface area contributed by atoms with Gasteiger partial charge in [0.1, 0.15) is 6.04 Å². The molecule has 0 bridgehead atoms. The summed E-state index contributed by atoms with van der Waals surface area (Å²) >= 11 is 0. The van der Waals surface area contributed by atoms with Gasteiger partial charge >= 0.3 is 5.97 Å². The second-order valence-electron chi connectivity index (χ2n) is 4.52. The van der Waals surface area contributed by atoms with Gasteiger partial charge in [-0.05, 0) is 25.3 Å². The zero-order chi connectivity index (χ0) is 11.7. The predicted molar refractivity (Wildman–Crippen MR) is 63.0 cm³/mol. The number of carbonyl (C=O) groups is 1. The van der Waals surface area contributed by atoms with E-state index in [9.17, 15) is 4.79 Å². The maximum absolute atomic E-state index is 10.8. The molecule has 3 nitrogen and oxygen atoms in total. The second kappa shape index (κ2) is 8.72. The molecular weight excluding hydrogens is 190 g/mol. The van der Waals surface area contributed by atoms with E-state index >= 15 is 0 Å². The summed E-state index contributed by atoms with van der Waals surface area (Å²) in [4.78, 5) is 10.8. The molecule has 0 saturated carbocycles. The topological polar surface area (TPSA) is 49.3 Å². The first-order chi connectivity index (χ1) is 7.07. The number of hydrogen-bond acceptors (Lipinski definition) is 2. The minimum atomic E-state index is -0.722. The van der Waals surface area contributed by atoms with E-state index in [4.69, 9.17) is 5.11 Å². The fourth-order valence-electron chi connectivity index (χ4n) is 1.56. The van der Waals surface area contributed by atoms with Gasteiger partial charge in [0, 0.05) is 0 Å². The fourth-order valence-corrected chi connectivity index (χ4v) is 1.56. The average Bonchev–Trinajstić information content (AvgIpc) is 2.15. The lowest BCUT2D eigenvalue weighted by Gasteiger charge is -2.13. The third-order valence-corrected chi connectivity index (χ3v) is 2.47. The van der Waals surface area contributed by atoms with Gasteiger partial charge in [-0.25, -0.2) is 0 Å². The zero-order valence-corrected chi connectivity index (χ0v) is 10.3. The summed E-state index contributed by atoms with van der Waals surface area (Å²) in [6.45, 7) is 7.26. The summed E-state index contributed by atoms with van der Waals surface area (Å²) in [5.41, 5.74) is 0. The monoisotopic (exact) mass is 215 g/mol. The van der Waals surface area contributed by atoms with Crippen molar-refractivity contribution in [3.8, 4) is 0 Å². The largest absolute Gasteiger partial charge is 0.480 e. The summed E-state index contributed by atoms with van der Waals surface area (Å²) in [5.74, 6) is 0.0247. The Morgan fingerprint density at radius 1 is 1.27 bits per heavy atom. The van der Waals surface area contributed by atoms with Crippen LogP contribution in [0.25, 0.3) is 0 Å². The Hall–Kier alpha value is -0.570. The first-order valence-electron chi connectivity index (χ1n) is 6.04. The molecule has 0 aromatic heterocycles. The number of carboxylic acids is 1. The van der Waals surface area contributed by atoms with Crippen LogP contribution in [0, 0.1) is 5.92 Å². The molecule has 0 amide bonds. The molecule has 1 unspecified atom stereocenters. The first kappa shape index (κ1) is 14.4. The smallest absolute Gasteiger partial charge is 0.320 e. The third-order valence-electron chi connectivity index (χ3n) is 2.47. The van der Waals surface area contributed by atoms with Crippen LogP contribution in [0.1, 0.15) is 52.9 Å². The van der Waals surface area contributed by atoms with Crippen molar-refractivity contribution >= 4 is 5.97 Å². The van der Waals surface area contributed by atoms with Gasteiger partial charge in [0.05, 0.1) is 0 Å². The van der Waals surface area contributed by atoms with Crippen LogP contribution in [0.4, 0.5) is 0 Å². The van der Waals surface area contributed by atoms with Crippen molar-refractivity contribution in [2.45, 2.75) is 58.9 Å². The molecule has 0 fully saturated rings. The normalized spacial score (nSPS) is 13.1. The van der Waals surface area contributed by atoms with E-state index in [1.165, 1.54) is 12.8 Å². The lowest BCUT2D eigenvalue weighted by atomic mass is 10.1. The van der Waals surface area contributed by atoms with Crippen LogP contribution in [0.5, 0.6) is 0 Å². The van der Waals surface area contributed by atoms with Crippen LogP contribution in [-0.2, 0) is 4.79 Å². The van der Waals surface area contributed by atoms with E-state index in [1.54, 1.807) is 0 Å². The van der Waals surface area contributed by atoms with E-state index < -0.39 is 5.97 Å². The Bertz CT molecular complexity index is 169. The number of hydrogen-bond donors (Lipinski definition) is 2. The van der Waals surface area contributed by atoms with E-state index in [0.29, 0.717) is 0 Å². The summed E-state index contributed by atoms with van der Waals surface area (Å²) in [5, 5.41) is 12.0. The molecule has 0 aromatic carbocycles. The molecule has 0 rings (SSSR count). The quantitative estimate of drug-likeness (QED) is 0.581. The minimum Gasteiger partial charge on any atom is -0.480 e. The second-order valence-corrected chi connectivity index (χ2v) is 4.52. The molecule has 0 spiro atoms. The molecule has 0 saturated heterocycles. The molecule has 0 aromatic rings. The maximum Gasteiger partial charge on any atom is 0.320 e. The number of unbranched alkanes of at least 4 members (excludes halogenated alkanes) is 1. The van der Waals surface area contributed by atoms with Gasteiger partial charge in [0.15, 0.2) is 0 Å². The van der Waals surface area contributed by atoms with Crippen molar-refractivity contribution in [2.75, 3.05) is 6.54 Å². The Labute approximate surface area is 93.3 Å². The Morgan fingerprint density at radius 2 is 1.93 bits per heavy atom. The lowest BCUT2D eigenvalue weighted by molar-refractivity contribution is -0.139. The van der Waals surface area contributed by atoms with Gasteiger partial charge in [-0.2, -0.15) is 0 Å². The Balaban J connectivity index is 3.49. The van der Waals surface area contributed by atoms with Crippen molar-refractivity contribution in [1.29, 1.82) is 0 Å². The van der Waals surface area contributed by atoms with Crippen molar-refractivity contribution < 1.29 is 9.90 Å². The van der Waals surface area contributed by atoms with E-state index in [2.05, 4.69) is 19.2 Å². The summed E-state index contributed by atoms with van der Waals surface area (Å²) in [6, 6.07) is -0.353. The van der Waals surface area contributed by atoms with Crippen LogP contribution in [0.15, 0.2) is 0 Å². The van der Waals surface area contributed by atoms with Crippen LogP contribution in [0.3, 0.4) is 0 Å². The van der Waals surface area contributed by atoms with Crippen molar-refractivity contribution in [3.63, 3.8) is 0 Å². The van der Waals surface area contributed by atoms with E-state index in [-0.39, 0.29) is 6.04 Å².